The van der Waals surface area contributed by atoms with Gasteiger partial charge < -0.3 is 14.4 Å². The molecule has 0 amide bonds. The zero-order valence-electron chi connectivity index (χ0n) is 11.8. The van der Waals surface area contributed by atoms with Gasteiger partial charge in [-0.15, -0.1) is 11.3 Å². The molecule has 0 aliphatic carbocycles. The quantitative estimate of drug-likeness (QED) is 0.749. The summed E-state index contributed by atoms with van der Waals surface area (Å²) in [4.78, 5) is 13.1. The van der Waals surface area contributed by atoms with Crippen molar-refractivity contribution in [2.75, 3.05) is 6.61 Å². The van der Waals surface area contributed by atoms with Crippen LogP contribution in [-0.4, -0.2) is 22.2 Å². The van der Waals surface area contributed by atoms with Crippen LogP contribution in [0.1, 0.15) is 17.3 Å². The predicted molar refractivity (Wildman–Crippen MR) is 83.9 cm³/mol. The Bertz CT molecular complexity index is 802. The summed E-state index contributed by atoms with van der Waals surface area (Å²) in [6.45, 7) is 2.03. The van der Waals surface area contributed by atoms with Crippen LogP contribution in [0.5, 0.6) is 5.88 Å². The molecule has 3 rings (SSSR count). The number of hydrogen-bond donors (Lipinski definition) is 1. The molecule has 0 saturated carbocycles. The summed E-state index contributed by atoms with van der Waals surface area (Å²) in [5, 5.41) is 10.1. The van der Waals surface area contributed by atoms with Crippen molar-refractivity contribution in [3.05, 3.63) is 42.0 Å². The van der Waals surface area contributed by atoms with Crippen LogP contribution in [0, 0.1) is 0 Å². The van der Waals surface area contributed by atoms with Gasteiger partial charge in [0.15, 0.2) is 0 Å². The molecule has 2 heterocycles. The van der Waals surface area contributed by atoms with Crippen LogP contribution < -0.4 is 0 Å². The molecular formula is C16H15NO3S. The van der Waals surface area contributed by atoms with Crippen LogP contribution in [0.15, 0.2) is 36.4 Å². The van der Waals surface area contributed by atoms with E-state index in [2.05, 4.69) is 0 Å². The number of aromatic hydroxyl groups is 1. The Morgan fingerprint density at radius 3 is 2.71 bits per heavy atom. The normalized spacial score (nSPS) is 11.0. The maximum atomic E-state index is 12.0. The van der Waals surface area contributed by atoms with Gasteiger partial charge in [-0.05, 0) is 18.6 Å². The SMILES string of the molecule is CCOC(=O)c1c(O)n(C)c2cc(-c3ccccc3)sc12. The van der Waals surface area contributed by atoms with Crippen LogP contribution in [0.4, 0.5) is 0 Å². The summed E-state index contributed by atoms with van der Waals surface area (Å²) in [5.74, 6) is -0.531. The minimum absolute atomic E-state index is 0.0469. The Kier molecular flexibility index (Phi) is 3.43. The second kappa shape index (κ2) is 5.26. The Hall–Kier alpha value is -2.27. The number of aryl methyl sites for hydroxylation is 1. The van der Waals surface area contributed by atoms with E-state index in [1.807, 2.05) is 36.4 Å². The molecule has 5 heteroatoms. The molecule has 4 nitrogen and oxygen atoms in total. The first-order valence-corrected chi connectivity index (χ1v) is 7.48. The number of thiophene rings is 1. The number of aromatic nitrogens is 1. The van der Waals surface area contributed by atoms with Gasteiger partial charge in [-0.25, -0.2) is 4.79 Å². The smallest absolute Gasteiger partial charge is 0.345 e. The van der Waals surface area contributed by atoms with Gasteiger partial charge in [0.05, 0.1) is 16.8 Å². The lowest BCUT2D eigenvalue weighted by Gasteiger charge is -2.01. The Balaban J connectivity index is 2.18. The molecule has 2 aromatic heterocycles. The maximum Gasteiger partial charge on any atom is 0.345 e. The number of nitrogens with zero attached hydrogens (tertiary/aromatic N) is 1. The molecule has 108 valence electrons. The molecule has 0 fully saturated rings. The molecule has 21 heavy (non-hydrogen) atoms. The fraction of sp³-hybridized carbons (Fsp3) is 0.188. The number of carbonyl (C=O) groups excluding carboxylic acids is 1. The van der Waals surface area contributed by atoms with E-state index in [0.717, 1.165) is 20.7 Å². The average molecular weight is 301 g/mol. The van der Waals surface area contributed by atoms with Crippen LogP contribution in [0.2, 0.25) is 0 Å². The molecule has 1 aromatic carbocycles. The molecule has 0 aliphatic heterocycles. The third-order valence-electron chi connectivity index (χ3n) is 3.38. The van der Waals surface area contributed by atoms with Crippen molar-refractivity contribution < 1.29 is 14.6 Å². The summed E-state index contributed by atoms with van der Waals surface area (Å²) >= 11 is 1.48. The first-order valence-electron chi connectivity index (χ1n) is 6.67. The maximum absolute atomic E-state index is 12.0. The summed E-state index contributed by atoms with van der Waals surface area (Å²) in [6.07, 6.45) is 0. The molecule has 0 saturated heterocycles. The molecule has 0 bridgehead atoms. The summed E-state index contributed by atoms with van der Waals surface area (Å²) < 4.78 is 7.41. The largest absolute Gasteiger partial charge is 0.494 e. The van der Waals surface area contributed by atoms with E-state index in [-0.39, 0.29) is 18.1 Å². The molecule has 0 unspecified atom stereocenters. The lowest BCUT2D eigenvalue weighted by molar-refractivity contribution is 0.0525. The molecule has 1 N–H and O–H groups in total. The highest BCUT2D eigenvalue weighted by Gasteiger charge is 2.24. The summed E-state index contributed by atoms with van der Waals surface area (Å²) in [7, 11) is 1.74. The van der Waals surface area contributed by atoms with E-state index >= 15 is 0 Å². The molecule has 0 aliphatic rings. The number of hydrogen-bond acceptors (Lipinski definition) is 4. The fourth-order valence-electron chi connectivity index (χ4n) is 2.32. The first kappa shape index (κ1) is 13.7. The van der Waals surface area contributed by atoms with E-state index < -0.39 is 5.97 Å². The number of ether oxygens (including phenoxy) is 1. The van der Waals surface area contributed by atoms with Crippen molar-refractivity contribution in [1.82, 2.24) is 4.57 Å². The number of esters is 1. The topological polar surface area (TPSA) is 51.5 Å². The van der Waals surface area contributed by atoms with Crippen molar-refractivity contribution in [2.24, 2.45) is 7.05 Å². The highest BCUT2D eigenvalue weighted by Crippen LogP contribution is 2.40. The minimum Gasteiger partial charge on any atom is -0.494 e. The second-order valence-electron chi connectivity index (χ2n) is 4.67. The monoisotopic (exact) mass is 301 g/mol. The zero-order chi connectivity index (χ0) is 15.0. The molecular weight excluding hydrogens is 286 g/mol. The third-order valence-corrected chi connectivity index (χ3v) is 4.57. The van der Waals surface area contributed by atoms with Crippen molar-refractivity contribution in [1.29, 1.82) is 0 Å². The molecule has 0 atom stereocenters. The van der Waals surface area contributed by atoms with E-state index in [4.69, 9.17) is 4.74 Å². The number of fused-ring (bicyclic) bond motifs is 1. The standard InChI is InChI=1S/C16H15NO3S/c1-3-20-16(19)13-14-11(17(2)15(13)18)9-12(21-14)10-7-5-4-6-8-10/h4-9,18H,3H2,1-2H3. The number of rotatable bonds is 3. The number of carbonyl (C=O) groups is 1. The Morgan fingerprint density at radius 1 is 1.33 bits per heavy atom. The van der Waals surface area contributed by atoms with Gasteiger partial charge in [0.25, 0.3) is 0 Å². The highest BCUT2D eigenvalue weighted by atomic mass is 32.1. The third kappa shape index (κ3) is 2.19. The van der Waals surface area contributed by atoms with Crippen molar-refractivity contribution in [3.8, 4) is 16.3 Å². The lowest BCUT2D eigenvalue weighted by atomic mass is 10.2. The molecule has 0 spiro atoms. The van der Waals surface area contributed by atoms with Gasteiger partial charge in [0.2, 0.25) is 5.88 Å². The van der Waals surface area contributed by atoms with Crippen molar-refractivity contribution >= 4 is 27.5 Å². The molecule has 3 aromatic rings. The predicted octanol–water partition coefficient (Wildman–Crippen LogP) is 3.79. The van der Waals surface area contributed by atoms with E-state index in [0.29, 0.717) is 0 Å². The van der Waals surface area contributed by atoms with E-state index in [1.165, 1.54) is 11.3 Å². The van der Waals surface area contributed by atoms with Gasteiger partial charge in [0, 0.05) is 11.9 Å². The number of benzene rings is 1. The summed E-state index contributed by atoms with van der Waals surface area (Å²) in [6, 6.07) is 11.9. The van der Waals surface area contributed by atoms with Gasteiger partial charge in [0.1, 0.15) is 5.56 Å². The van der Waals surface area contributed by atoms with E-state index in [9.17, 15) is 9.90 Å². The van der Waals surface area contributed by atoms with Gasteiger partial charge >= 0.3 is 5.97 Å². The van der Waals surface area contributed by atoms with Crippen molar-refractivity contribution in [2.45, 2.75) is 6.92 Å². The Labute approximate surface area is 126 Å². The molecule has 0 radical (unpaired) electrons. The van der Waals surface area contributed by atoms with Crippen LogP contribution in [0.25, 0.3) is 20.7 Å². The fourth-order valence-corrected chi connectivity index (χ4v) is 3.55. The van der Waals surface area contributed by atoms with Gasteiger partial charge in [-0.1, -0.05) is 30.3 Å². The first-order chi connectivity index (χ1) is 10.1. The van der Waals surface area contributed by atoms with Gasteiger partial charge in [-0.3, -0.25) is 0 Å². The second-order valence-corrected chi connectivity index (χ2v) is 5.72. The average Bonchev–Trinajstić information content (AvgIpc) is 3.01. The summed E-state index contributed by atoms with van der Waals surface area (Å²) in [5.41, 5.74) is 2.17. The van der Waals surface area contributed by atoms with Crippen LogP contribution in [0.3, 0.4) is 0 Å². The van der Waals surface area contributed by atoms with Crippen LogP contribution >= 0.6 is 11.3 Å². The van der Waals surface area contributed by atoms with Gasteiger partial charge in [-0.2, -0.15) is 0 Å². The Morgan fingerprint density at radius 2 is 2.05 bits per heavy atom. The van der Waals surface area contributed by atoms with Crippen molar-refractivity contribution in [3.63, 3.8) is 0 Å². The highest BCUT2D eigenvalue weighted by molar-refractivity contribution is 7.22. The zero-order valence-corrected chi connectivity index (χ0v) is 12.6. The minimum atomic E-state index is -0.484. The van der Waals surface area contributed by atoms with Crippen LogP contribution in [-0.2, 0) is 11.8 Å². The van der Waals surface area contributed by atoms with E-state index in [1.54, 1.807) is 18.5 Å². The lowest BCUT2D eigenvalue weighted by Crippen LogP contribution is -2.04.